The van der Waals surface area contributed by atoms with Crippen LogP contribution in [0.3, 0.4) is 0 Å². The summed E-state index contributed by atoms with van der Waals surface area (Å²) in [4.78, 5) is 14.2. The van der Waals surface area contributed by atoms with Crippen molar-refractivity contribution in [2.75, 3.05) is 19.7 Å². The number of nitrogens with two attached hydrogens (primary N) is 1. The molecule has 122 valence electrons. The second kappa shape index (κ2) is 6.69. The summed E-state index contributed by atoms with van der Waals surface area (Å²) in [5, 5.41) is 0. The number of hydrogen-bond donors (Lipinski definition) is 1. The summed E-state index contributed by atoms with van der Waals surface area (Å²) in [7, 11) is 0. The fraction of sp³-hybridized carbons (Fsp3) is 0.611. The van der Waals surface area contributed by atoms with E-state index in [4.69, 9.17) is 10.5 Å². The maximum absolute atomic E-state index is 12.3. The Morgan fingerprint density at radius 2 is 1.95 bits per heavy atom. The van der Waals surface area contributed by atoms with Crippen molar-refractivity contribution >= 4 is 5.91 Å². The van der Waals surface area contributed by atoms with Gasteiger partial charge in [-0.3, -0.25) is 4.79 Å². The highest BCUT2D eigenvalue weighted by Crippen LogP contribution is 2.28. The average molecular weight is 304 g/mol. The molecule has 0 spiro atoms. The first-order valence-electron chi connectivity index (χ1n) is 8.02. The molecule has 1 fully saturated rings. The van der Waals surface area contributed by atoms with Crippen LogP contribution < -0.4 is 10.5 Å². The summed E-state index contributed by atoms with van der Waals surface area (Å²) in [5.74, 6) is 0.996. The maximum atomic E-state index is 12.3. The molecule has 4 nitrogen and oxygen atoms in total. The van der Waals surface area contributed by atoms with Gasteiger partial charge in [0.25, 0.3) is 0 Å². The van der Waals surface area contributed by atoms with Gasteiger partial charge >= 0.3 is 0 Å². The van der Waals surface area contributed by atoms with E-state index in [1.807, 2.05) is 30.9 Å². The fourth-order valence-corrected chi connectivity index (χ4v) is 3.02. The number of hydrogen-bond acceptors (Lipinski definition) is 3. The summed E-state index contributed by atoms with van der Waals surface area (Å²) in [6.07, 6.45) is 1.29. The van der Waals surface area contributed by atoms with Crippen molar-refractivity contribution in [1.29, 1.82) is 0 Å². The van der Waals surface area contributed by atoms with Gasteiger partial charge in [0.15, 0.2) is 0 Å². The van der Waals surface area contributed by atoms with Crippen molar-refractivity contribution in [2.45, 2.75) is 46.6 Å². The van der Waals surface area contributed by atoms with E-state index in [1.165, 1.54) is 11.1 Å². The van der Waals surface area contributed by atoms with E-state index in [0.29, 0.717) is 13.0 Å². The molecule has 0 aromatic heterocycles. The Labute approximate surface area is 133 Å². The van der Waals surface area contributed by atoms with Crippen LogP contribution in [0.5, 0.6) is 5.75 Å². The van der Waals surface area contributed by atoms with Gasteiger partial charge in [-0.1, -0.05) is 19.9 Å². The van der Waals surface area contributed by atoms with E-state index in [-0.39, 0.29) is 17.4 Å². The van der Waals surface area contributed by atoms with Gasteiger partial charge in [0.1, 0.15) is 5.75 Å². The van der Waals surface area contributed by atoms with E-state index in [9.17, 15) is 4.79 Å². The lowest BCUT2D eigenvalue weighted by atomic mass is 9.79. The molecule has 1 aliphatic rings. The van der Waals surface area contributed by atoms with Gasteiger partial charge in [-0.2, -0.15) is 0 Å². The molecule has 1 unspecified atom stereocenters. The van der Waals surface area contributed by atoms with Gasteiger partial charge in [0, 0.05) is 19.1 Å². The number of aryl methyl sites for hydroxylation is 2. The van der Waals surface area contributed by atoms with E-state index in [2.05, 4.69) is 19.9 Å². The van der Waals surface area contributed by atoms with Crippen molar-refractivity contribution in [3.05, 3.63) is 29.3 Å². The lowest BCUT2D eigenvalue weighted by Gasteiger charge is -2.42. The topological polar surface area (TPSA) is 55.6 Å². The highest BCUT2D eigenvalue weighted by molar-refractivity contribution is 5.76. The molecule has 4 heteroatoms. The third kappa shape index (κ3) is 4.23. The quantitative estimate of drug-likeness (QED) is 0.930. The first-order chi connectivity index (χ1) is 10.3. The molecule has 1 heterocycles. The van der Waals surface area contributed by atoms with Crippen LogP contribution in [0.2, 0.25) is 0 Å². The molecule has 2 rings (SSSR count). The number of rotatable bonds is 4. The van der Waals surface area contributed by atoms with Crippen LogP contribution in [-0.4, -0.2) is 36.5 Å². The third-order valence-electron chi connectivity index (χ3n) is 4.44. The average Bonchev–Trinajstić information content (AvgIpc) is 2.40. The van der Waals surface area contributed by atoms with Crippen molar-refractivity contribution in [1.82, 2.24) is 4.90 Å². The Hall–Kier alpha value is -1.55. The molecular weight excluding hydrogens is 276 g/mol. The standard InChI is InChI=1S/C18H28N2O2/c1-13-9-14(2)11-15(10-13)22-8-6-17(21)20-7-5-16(19)18(3,4)12-20/h9-11,16H,5-8,12,19H2,1-4H3. The summed E-state index contributed by atoms with van der Waals surface area (Å²) in [6.45, 7) is 10.3. The largest absolute Gasteiger partial charge is 0.493 e. The van der Waals surface area contributed by atoms with Crippen LogP contribution in [0, 0.1) is 19.3 Å². The minimum absolute atomic E-state index is 0.0115. The highest BCUT2D eigenvalue weighted by atomic mass is 16.5. The molecule has 0 saturated carbocycles. The van der Waals surface area contributed by atoms with Gasteiger partial charge in [0.2, 0.25) is 5.91 Å². The first kappa shape index (κ1) is 16.8. The number of likely N-dealkylation sites (tertiary alicyclic amines) is 1. The van der Waals surface area contributed by atoms with Gasteiger partial charge in [0.05, 0.1) is 13.0 Å². The second-order valence-corrected chi connectivity index (χ2v) is 7.12. The van der Waals surface area contributed by atoms with Crippen molar-refractivity contribution in [3.63, 3.8) is 0 Å². The number of amides is 1. The van der Waals surface area contributed by atoms with Gasteiger partial charge < -0.3 is 15.4 Å². The molecule has 1 amide bonds. The highest BCUT2D eigenvalue weighted by Gasteiger charge is 2.35. The van der Waals surface area contributed by atoms with Gasteiger partial charge in [-0.25, -0.2) is 0 Å². The number of carbonyl (C=O) groups is 1. The fourth-order valence-electron chi connectivity index (χ4n) is 3.02. The molecule has 0 radical (unpaired) electrons. The molecule has 0 bridgehead atoms. The zero-order valence-corrected chi connectivity index (χ0v) is 14.2. The zero-order chi connectivity index (χ0) is 16.3. The zero-order valence-electron chi connectivity index (χ0n) is 14.2. The predicted molar refractivity (Wildman–Crippen MR) is 89.0 cm³/mol. The van der Waals surface area contributed by atoms with E-state index in [0.717, 1.165) is 25.3 Å². The van der Waals surface area contributed by atoms with Gasteiger partial charge in [-0.05, 0) is 48.9 Å². The van der Waals surface area contributed by atoms with E-state index < -0.39 is 0 Å². The number of carbonyl (C=O) groups excluding carboxylic acids is 1. The van der Waals surface area contributed by atoms with Crippen LogP contribution in [0.15, 0.2) is 18.2 Å². The first-order valence-corrected chi connectivity index (χ1v) is 8.02. The molecule has 1 aliphatic heterocycles. The third-order valence-corrected chi connectivity index (χ3v) is 4.44. The molecule has 1 aromatic carbocycles. The van der Waals surface area contributed by atoms with Gasteiger partial charge in [-0.15, -0.1) is 0 Å². The molecule has 0 aliphatic carbocycles. The molecule has 1 saturated heterocycles. The second-order valence-electron chi connectivity index (χ2n) is 7.12. The normalized spacial score (nSPS) is 20.8. The summed E-state index contributed by atoms with van der Waals surface area (Å²) >= 11 is 0. The van der Waals surface area contributed by atoms with E-state index >= 15 is 0 Å². The molecule has 22 heavy (non-hydrogen) atoms. The number of nitrogens with zero attached hydrogens (tertiary/aromatic N) is 1. The summed E-state index contributed by atoms with van der Waals surface area (Å²) < 4.78 is 5.73. The Balaban J connectivity index is 1.83. The number of ether oxygens (including phenoxy) is 1. The van der Waals surface area contributed by atoms with Crippen LogP contribution in [0.25, 0.3) is 0 Å². The number of benzene rings is 1. The van der Waals surface area contributed by atoms with Crippen molar-refractivity contribution in [2.24, 2.45) is 11.1 Å². The minimum Gasteiger partial charge on any atom is -0.493 e. The summed E-state index contributed by atoms with van der Waals surface area (Å²) in [6, 6.07) is 6.28. The van der Waals surface area contributed by atoms with Crippen LogP contribution >= 0.6 is 0 Å². The SMILES string of the molecule is Cc1cc(C)cc(OCCC(=O)N2CCC(N)C(C)(C)C2)c1. The Bertz CT molecular complexity index is 520. The summed E-state index contributed by atoms with van der Waals surface area (Å²) in [5.41, 5.74) is 8.45. The molecule has 2 N–H and O–H groups in total. The van der Waals surface area contributed by atoms with Crippen molar-refractivity contribution < 1.29 is 9.53 Å². The Morgan fingerprint density at radius 1 is 1.32 bits per heavy atom. The van der Waals surface area contributed by atoms with E-state index in [1.54, 1.807) is 0 Å². The maximum Gasteiger partial charge on any atom is 0.226 e. The van der Waals surface area contributed by atoms with Crippen LogP contribution in [0.4, 0.5) is 0 Å². The predicted octanol–water partition coefficient (Wildman–Crippen LogP) is 2.66. The Morgan fingerprint density at radius 3 is 2.55 bits per heavy atom. The smallest absolute Gasteiger partial charge is 0.226 e. The molecule has 1 aromatic rings. The number of piperidine rings is 1. The lowest BCUT2D eigenvalue weighted by Crippen LogP contribution is -2.54. The molecule has 1 atom stereocenters. The van der Waals surface area contributed by atoms with Crippen molar-refractivity contribution in [3.8, 4) is 5.75 Å². The lowest BCUT2D eigenvalue weighted by molar-refractivity contribution is -0.135. The minimum atomic E-state index is -0.0115. The molecular formula is C18H28N2O2. The Kier molecular flexibility index (Phi) is 5.12. The monoisotopic (exact) mass is 304 g/mol. The van der Waals surface area contributed by atoms with Crippen LogP contribution in [-0.2, 0) is 4.79 Å². The van der Waals surface area contributed by atoms with Crippen LogP contribution in [0.1, 0.15) is 37.8 Å².